The first-order chi connectivity index (χ1) is 9.60. The highest BCUT2D eigenvalue weighted by atomic mass is 32.1. The highest BCUT2D eigenvalue weighted by Crippen LogP contribution is 2.41. The molecule has 3 unspecified atom stereocenters. The maximum Gasteiger partial charge on any atom is 0.315 e. The van der Waals surface area contributed by atoms with Gasteiger partial charge >= 0.3 is 5.97 Å². The molecule has 0 spiro atoms. The zero-order valence-electron chi connectivity index (χ0n) is 12.4. The van der Waals surface area contributed by atoms with Crippen molar-refractivity contribution in [2.24, 2.45) is 11.8 Å². The first-order valence-electron chi connectivity index (χ1n) is 7.51. The van der Waals surface area contributed by atoms with Crippen LogP contribution in [0.2, 0.25) is 0 Å². The van der Waals surface area contributed by atoms with E-state index in [0.717, 1.165) is 48.6 Å². The number of aryl methyl sites for hydroxylation is 1. The van der Waals surface area contributed by atoms with E-state index in [1.54, 1.807) is 11.3 Å². The standard InChI is InChI=1S/C15H22N2O2S/c1-4-19-14(18)11-5-6-12-13(11)16-15(20-12)17-7-9(2)10(3)8-17/h9-11H,4-8H2,1-3H3. The molecule has 2 aliphatic rings. The summed E-state index contributed by atoms with van der Waals surface area (Å²) in [5, 5.41) is 1.10. The van der Waals surface area contributed by atoms with Gasteiger partial charge in [0.1, 0.15) is 5.92 Å². The third-order valence-electron chi connectivity index (χ3n) is 4.54. The van der Waals surface area contributed by atoms with Crippen molar-refractivity contribution in [2.75, 3.05) is 24.6 Å². The molecule has 110 valence electrons. The summed E-state index contributed by atoms with van der Waals surface area (Å²) >= 11 is 1.77. The molecular weight excluding hydrogens is 272 g/mol. The number of carbonyl (C=O) groups excluding carboxylic acids is 1. The van der Waals surface area contributed by atoms with Gasteiger partial charge < -0.3 is 9.64 Å². The third-order valence-corrected chi connectivity index (χ3v) is 5.73. The van der Waals surface area contributed by atoms with Crippen LogP contribution in [0.1, 0.15) is 43.7 Å². The second-order valence-corrected chi connectivity index (χ2v) is 7.07. The summed E-state index contributed by atoms with van der Waals surface area (Å²) in [7, 11) is 0. The Balaban J connectivity index is 1.78. The fourth-order valence-corrected chi connectivity index (χ4v) is 4.26. The second kappa shape index (κ2) is 5.35. The number of hydrogen-bond donors (Lipinski definition) is 0. The highest BCUT2D eigenvalue weighted by molar-refractivity contribution is 7.15. The molecule has 0 amide bonds. The van der Waals surface area contributed by atoms with Crippen molar-refractivity contribution in [3.05, 3.63) is 10.6 Å². The molecule has 1 aromatic heterocycles. The predicted octanol–water partition coefficient (Wildman–Crippen LogP) is 2.83. The van der Waals surface area contributed by atoms with E-state index in [0.29, 0.717) is 6.61 Å². The fraction of sp³-hybridized carbons (Fsp3) is 0.733. The van der Waals surface area contributed by atoms with Gasteiger partial charge in [-0.25, -0.2) is 4.98 Å². The van der Waals surface area contributed by atoms with E-state index >= 15 is 0 Å². The molecule has 2 heterocycles. The fourth-order valence-electron chi connectivity index (χ4n) is 3.11. The number of esters is 1. The van der Waals surface area contributed by atoms with Crippen molar-refractivity contribution >= 4 is 22.4 Å². The lowest BCUT2D eigenvalue weighted by molar-refractivity contribution is -0.145. The molecule has 0 saturated carbocycles. The Morgan fingerprint density at radius 2 is 2.10 bits per heavy atom. The Kier molecular flexibility index (Phi) is 3.71. The molecule has 3 atom stereocenters. The maximum atomic E-state index is 12.0. The van der Waals surface area contributed by atoms with Gasteiger partial charge in [0, 0.05) is 18.0 Å². The minimum absolute atomic E-state index is 0.105. The van der Waals surface area contributed by atoms with Crippen LogP contribution in [-0.2, 0) is 16.0 Å². The molecule has 0 bridgehead atoms. The monoisotopic (exact) mass is 294 g/mol. The van der Waals surface area contributed by atoms with Gasteiger partial charge in [-0.1, -0.05) is 13.8 Å². The Hall–Kier alpha value is -1.10. The van der Waals surface area contributed by atoms with Gasteiger partial charge in [-0.05, 0) is 31.6 Å². The number of hydrogen-bond acceptors (Lipinski definition) is 5. The van der Waals surface area contributed by atoms with Crippen molar-refractivity contribution in [1.29, 1.82) is 0 Å². The normalized spacial score (nSPS) is 28.8. The number of thiazole rings is 1. The van der Waals surface area contributed by atoms with Crippen LogP contribution in [0.15, 0.2) is 0 Å². The largest absolute Gasteiger partial charge is 0.465 e. The number of rotatable bonds is 3. The van der Waals surface area contributed by atoms with Gasteiger partial charge in [0.25, 0.3) is 0 Å². The highest BCUT2D eigenvalue weighted by Gasteiger charge is 2.36. The first kappa shape index (κ1) is 13.9. The zero-order chi connectivity index (χ0) is 14.3. The van der Waals surface area contributed by atoms with Crippen molar-refractivity contribution in [3.63, 3.8) is 0 Å². The van der Waals surface area contributed by atoms with Crippen LogP contribution in [0.4, 0.5) is 5.13 Å². The Labute approximate surface area is 124 Å². The van der Waals surface area contributed by atoms with Crippen molar-refractivity contribution < 1.29 is 9.53 Å². The molecule has 0 radical (unpaired) electrons. The topological polar surface area (TPSA) is 42.4 Å². The maximum absolute atomic E-state index is 12.0. The smallest absolute Gasteiger partial charge is 0.315 e. The molecule has 4 nitrogen and oxygen atoms in total. The SMILES string of the molecule is CCOC(=O)C1CCc2sc(N3CC(C)C(C)C3)nc21. The quantitative estimate of drug-likeness (QED) is 0.804. The van der Waals surface area contributed by atoms with Gasteiger partial charge in [0.2, 0.25) is 0 Å². The van der Waals surface area contributed by atoms with Gasteiger partial charge in [0.05, 0.1) is 12.3 Å². The number of aromatic nitrogens is 1. The summed E-state index contributed by atoms with van der Waals surface area (Å²) in [4.78, 5) is 20.4. The molecule has 3 rings (SSSR count). The molecule has 1 saturated heterocycles. The molecule has 1 aliphatic heterocycles. The zero-order valence-corrected chi connectivity index (χ0v) is 13.2. The van der Waals surface area contributed by atoms with Crippen molar-refractivity contribution in [1.82, 2.24) is 4.98 Å². The van der Waals surface area contributed by atoms with Crippen LogP contribution in [0.25, 0.3) is 0 Å². The molecule has 20 heavy (non-hydrogen) atoms. The van der Waals surface area contributed by atoms with Crippen LogP contribution >= 0.6 is 11.3 Å². The predicted molar refractivity (Wildman–Crippen MR) is 80.4 cm³/mol. The lowest BCUT2D eigenvalue weighted by atomic mass is 10.0. The van der Waals surface area contributed by atoms with Crippen molar-refractivity contribution in [3.8, 4) is 0 Å². The van der Waals surface area contributed by atoms with Crippen LogP contribution in [0.5, 0.6) is 0 Å². The molecule has 1 aromatic rings. The number of carbonyl (C=O) groups is 1. The average Bonchev–Trinajstić information content (AvgIpc) is 3.04. The average molecular weight is 294 g/mol. The van der Waals surface area contributed by atoms with Crippen molar-refractivity contribution in [2.45, 2.75) is 39.5 Å². The molecule has 5 heteroatoms. The molecule has 0 N–H and O–H groups in total. The lowest BCUT2D eigenvalue weighted by Gasteiger charge is -2.14. The van der Waals surface area contributed by atoms with Crippen LogP contribution in [0, 0.1) is 11.8 Å². The Morgan fingerprint density at radius 3 is 2.75 bits per heavy atom. The van der Waals surface area contributed by atoms with Crippen LogP contribution < -0.4 is 4.90 Å². The second-order valence-electron chi connectivity index (χ2n) is 6.01. The number of anilines is 1. The summed E-state index contributed by atoms with van der Waals surface area (Å²) in [5.41, 5.74) is 0.982. The van der Waals surface area contributed by atoms with Gasteiger partial charge in [-0.3, -0.25) is 4.79 Å². The van der Waals surface area contributed by atoms with E-state index in [-0.39, 0.29) is 11.9 Å². The van der Waals surface area contributed by atoms with Crippen LogP contribution in [-0.4, -0.2) is 30.6 Å². The number of ether oxygens (including phenoxy) is 1. The van der Waals surface area contributed by atoms with E-state index in [9.17, 15) is 4.79 Å². The van der Waals surface area contributed by atoms with E-state index in [2.05, 4.69) is 18.7 Å². The summed E-state index contributed by atoms with van der Waals surface area (Å²) < 4.78 is 5.16. The van der Waals surface area contributed by atoms with Gasteiger partial charge in [-0.2, -0.15) is 0 Å². The van der Waals surface area contributed by atoms with E-state index in [1.807, 2.05) is 6.92 Å². The summed E-state index contributed by atoms with van der Waals surface area (Å²) in [6.45, 7) is 9.06. The van der Waals surface area contributed by atoms with E-state index in [4.69, 9.17) is 9.72 Å². The molecule has 1 aliphatic carbocycles. The van der Waals surface area contributed by atoms with E-state index < -0.39 is 0 Å². The third kappa shape index (κ3) is 2.32. The van der Waals surface area contributed by atoms with Crippen LogP contribution in [0.3, 0.4) is 0 Å². The molecular formula is C15H22N2O2S. The van der Waals surface area contributed by atoms with E-state index in [1.165, 1.54) is 4.88 Å². The Bertz CT molecular complexity index is 504. The van der Waals surface area contributed by atoms with Gasteiger partial charge in [-0.15, -0.1) is 11.3 Å². The number of nitrogens with zero attached hydrogens (tertiary/aromatic N) is 2. The van der Waals surface area contributed by atoms with Gasteiger partial charge in [0.15, 0.2) is 5.13 Å². The summed E-state index contributed by atoms with van der Waals surface area (Å²) in [6.07, 6.45) is 1.83. The minimum atomic E-state index is -0.132. The summed E-state index contributed by atoms with van der Waals surface area (Å²) in [6, 6.07) is 0. The Morgan fingerprint density at radius 1 is 1.40 bits per heavy atom. The number of fused-ring (bicyclic) bond motifs is 1. The molecule has 0 aromatic carbocycles. The summed E-state index contributed by atoms with van der Waals surface area (Å²) in [5.74, 6) is 1.20. The first-order valence-corrected chi connectivity index (χ1v) is 8.33. The molecule has 1 fully saturated rings. The lowest BCUT2D eigenvalue weighted by Crippen LogP contribution is -2.20. The minimum Gasteiger partial charge on any atom is -0.465 e.